The van der Waals surface area contributed by atoms with E-state index in [0.29, 0.717) is 0 Å². The molecule has 50 valence electrons. The van der Waals surface area contributed by atoms with Crippen LogP contribution in [0.15, 0.2) is 28.9 Å². The van der Waals surface area contributed by atoms with E-state index in [1.807, 2.05) is 39.1 Å². The maximum absolute atomic E-state index is 3.95. The molecule has 1 nitrogen and oxygen atoms in total. The number of aliphatic imine (C=N–C) groups is 1. The standard InChI is InChI=1S/C8H13N/c1-4-6-8(3)7-9-5-2/h4-7H,1-3H3/b6-4-,8-7-,9-5?. The molecule has 0 bridgehead atoms. The summed E-state index contributed by atoms with van der Waals surface area (Å²) >= 11 is 0. The third-order valence-electron chi connectivity index (χ3n) is 0.857. The van der Waals surface area contributed by atoms with Crippen molar-refractivity contribution in [3.05, 3.63) is 23.9 Å². The van der Waals surface area contributed by atoms with Crippen LogP contribution in [0, 0.1) is 0 Å². The van der Waals surface area contributed by atoms with Gasteiger partial charge in [-0.25, -0.2) is 0 Å². The highest BCUT2D eigenvalue weighted by Gasteiger charge is 1.73. The minimum absolute atomic E-state index is 1.18. The van der Waals surface area contributed by atoms with Crippen molar-refractivity contribution in [3.63, 3.8) is 0 Å². The first-order chi connectivity index (χ1) is 4.31. The molecule has 0 rings (SSSR count). The van der Waals surface area contributed by atoms with Crippen molar-refractivity contribution in [2.75, 3.05) is 0 Å². The van der Waals surface area contributed by atoms with Gasteiger partial charge in [0.15, 0.2) is 0 Å². The predicted molar refractivity (Wildman–Crippen MR) is 42.7 cm³/mol. The first-order valence-electron chi connectivity index (χ1n) is 3.08. The van der Waals surface area contributed by atoms with Gasteiger partial charge in [-0.05, 0) is 26.3 Å². The van der Waals surface area contributed by atoms with E-state index in [2.05, 4.69) is 4.99 Å². The maximum atomic E-state index is 3.95. The average molecular weight is 123 g/mol. The summed E-state index contributed by atoms with van der Waals surface area (Å²) in [4.78, 5) is 3.95. The first-order valence-corrected chi connectivity index (χ1v) is 3.08. The van der Waals surface area contributed by atoms with Gasteiger partial charge in [-0.3, -0.25) is 4.99 Å². The van der Waals surface area contributed by atoms with Crippen LogP contribution in [0.5, 0.6) is 0 Å². The Morgan fingerprint density at radius 1 is 1.33 bits per heavy atom. The molecule has 0 radical (unpaired) electrons. The second kappa shape index (κ2) is 5.29. The minimum atomic E-state index is 1.18. The third-order valence-corrected chi connectivity index (χ3v) is 0.857. The molecule has 0 saturated carbocycles. The van der Waals surface area contributed by atoms with Gasteiger partial charge in [0.25, 0.3) is 0 Å². The molecule has 0 saturated heterocycles. The monoisotopic (exact) mass is 123 g/mol. The quantitative estimate of drug-likeness (QED) is 0.395. The first kappa shape index (κ1) is 8.15. The van der Waals surface area contributed by atoms with Crippen LogP contribution in [0.4, 0.5) is 0 Å². The Labute approximate surface area is 56.8 Å². The van der Waals surface area contributed by atoms with E-state index in [0.717, 1.165) is 0 Å². The van der Waals surface area contributed by atoms with Crippen LogP contribution >= 0.6 is 0 Å². The molecule has 0 aliphatic rings. The van der Waals surface area contributed by atoms with Crippen molar-refractivity contribution in [1.82, 2.24) is 0 Å². The van der Waals surface area contributed by atoms with E-state index in [1.54, 1.807) is 6.21 Å². The van der Waals surface area contributed by atoms with Crippen molar-refractivity contribution in [3.8, 4) is 0 Å². The van der Waals surface area contributed by atoms with Crippen molar-refractivity contribution in [1.29, 1.82) is 0 Å². The predicted octanol–water partition coefficient (Wildman–Crippen LogP) is 2.56. The van der Waals surface area contributed by atoms with Crippen LogP contribution in [-0.2, 0) is 0 Å². The molecule has 0 aliphatic carbocycles. The van der Waals surface area contributed by atoms with Crippen molar-refractivity contribution >= 4 is 6.21 Å². The zero-order chi connectivity index (χ0) is 7.11. The highest BCUT2D eigenvalue weighted by atomic mass is 14.7. The summed E-state index contributed by atoms with van der Waals surface area (Å²) in [6.45, 7) is 5.92. The number of nitrogens with zero attached hydrogens (tertiary/aromatic N) is 1. The Bertz CT molecular complexity index is 141. The summed E-state index contributed by atoms with van der Waals surface area (Å²) in [6.07, 6.45) is 7.62. The van der Waals surface area contributed by atoms with Crippen molar-refractivity contribution < 1.29 is 0 Å². The number of hydrogen-bond acceptors (Lipinski definition) is 1. The number of allylic oxidation sites excluding steroid dienone is 3. The lowest BCUT2D eigenvalue weighted by Gasteiger charge is -1.83. The molecule has 9 heavy (non-hydrogen) atoms. The van der Waals surface area contributed by atoms with Gasteiger partial charge in [0.2, 0.25) is 0 Å². The molecular formula is C8H13N. The number of rotatable bonds is 2. The second-order valence-corrected chi connectivity index (χ2v) is 1.78. The third kappa shape index (κ3) is 5.01. The molecule has 0 aromatic rings. The van der Waals surface area contributed by atoms with E-state index in [-0.39, 0.29) is 0 Å². The molecule has 0 aromatic carbocycles. The van der Waals surface area contributed by atoms with E-state index in [4.69, 9.17) is 0 Å². The fourth-order valence-corrected chi connectivity index (χ4v) is 0.498. The molecule has 0 aliphatic heterocycles. The minimum Gasteiger partial charge on any atom is -0.269 e. The lowest BCUT2D eigenvalue weighted by molar-refractivity contribution is 1.42. The Kier molecular flexibility index (Phi) is 4.79. The Balaban J connectivity index is 3.84. The molecule has 0 amide bonds. The van der Waals surface area contributed by atoms with Crippen molar-refractivity contribution in [2.45, 2.75) is 20.8 Å². The molecule has 0 atom stereocenters. The number of hydrogen-bond donors (Lipinski definition) is 0. The second-order valence-electron chi connectivity index (χ2n) is 1.78. The van der Waals surface area contributed by atoms with Crippen LogP contribution in [0.3, 0.4) is 0 Å². The van der Waals surface area contributed by atoms with E-state index in [9.17, 15) is 0 Å². The molecule has 0 spiro atoms. The fraction of sp³-hybridized carbons (Fsp3) is 0.375. The largest absolute Gasteiger partial charge is 0.269 e. The van der Waals surface area contributed by atoms with Gasteiger partial charge in [0.1, 0.15) is 0 Å². The van der Waals surface area contributed by atoms with Crippen LogP contribution in [0.1, 0.15) is 20.8 Å². The summed E-state index contributed by atoms with van der Waals surface area (Å²) in [5, 5.41) is 0. The maximum Gasteiger partial charge on any atom is 0.0292 e. The summed E-state index contributed by atoms with van der Waals surface area (Å²) in [5.74, 6) is 0. The summed E-state index contributed by atoms with van der Waals surface area (Å²) < 4.78 is 0. The van der Waals surface area contributed by atoms with Gasteiger partial charge in [-0.1, -0.05) is 12.2 Å². The van der Waals surface area contributed by atoms with Crippen LogP contribution in [0.2, 0.25) is 0 Å². The summed E-state index contributed by atoms with van der Waals surface area (Å²) in [7, 11) is 0. The van der Waals surface area contributed by atoms with Crippen LogP contribution in [-0.4, -0.2) is 6.21 Å². The zero-order valence-electron chi connectivity index (χ0n) is 6.26. The molecule has 0 unspecified atom stereocenters. The van der Waals surface area contributed by atoms with Crippen LogP contribution < -0.4 is 0 Å². The van der Waals surface area contributed by atoms with Gasteiger partial charge < -0.3 is 0 Å². The van der Waals surface area contributed by atoms with Gasteiger partial charge in [-0.15, -0.1) is 0 Å². The summed E-state index contributed by atoms with van der Waals surface area (Å²) in [5.41, 5.74) is 1.18. The lowest BCUT2D eigenvalue weighted by atomic mass is 10.3. The lowest BCUT2D eigenvalue weighted by Crippen LogP contribution is -1.64. The SMILES string of the molecule is CC=N/C=C(C)\C=C/C. The normalized spacial score (nSPS) is 13.9. The topological polar surface area (TPSA) is 12.4 Å². The zero-order valence-corrected chi connectivity index (χ0v) is 6.26. The van der Waals surface area contributed by atoms with Crippen molar-refractivity contribution in [2.24, 2.45) is 4.99 Å². The Hall–Kier alpha value is -0.850. The molecule has 1 heteroatoms. The average Bonchev–Trinajstić information content (AvgIpc) is 1.85. The highest BCUT2D eigenvalue weighted by molar-refractivity contribution is 5.54. The Morgan fingerprint density at radius 2 is 2.00 bits per heavy atom. The van der Waals surface area contributed by atoms with E-state index in [1.165, 1.54) is 5.57 Å². The van der Waals surface area contributed by atoms with Gasteiger partial charge in [0, 0.05) is 12.4 Å². The smallest absolute Gasteiger partial charge is 0.0292 e. The molecule has 0 aromatic heterocycles. The summed E-state index contributed by atoms with van der Waals surface area (Å²) in [6, 6.07) is 0. The Morgan fingerprint density at radius 3 is 2.44 bits per heavy atom. The van der Waals surface area contributed by atoms with Gasteiger partial charge in [0.05, 0.1) is 0 Å². The molecule has 0 fully saturated rings. The van der Waals surface area contributed by atoms with Gasteiger partial charge in [-0.2, -0.15) is 0 Å². The molecule has 0 N–H and O–H groups in total. The fourth-order valence-electron chi connectivity index (χ4n) is 0.498. The molecule has 0 heterocycles. The molecular weight excluding hydrogens is 110 g/mol. The van der Waals surface area contributed by atoms with E-state index >= 15 is 0 Å². The van der Waals surface area contributed by atoms with E-state index < -0.39 is 0 Å². The highest BCUT2D eigenvalue weighted by Crippen LogP contribution is 1.93. The van der Waals surface area contributed by atoms with Gasteiger partial charge >= 0.3 is 0 Å². The van der Waals surface area contributed by atoms with Crippen LogP contribution in [0.25, 0.3) is 0 Å².